The molecule has 16 heavy (non-hydrogen) atoms. The zero-order valence-corrected chi connectivity index (χ0v) is 9.39. The van der Waals surface area contributed by atoms with Gasteiger partial charge in [-0.05, 0) is 11.8 Å². The SMILES string of the molecule is CCC(C)(C)c1cnc(N)nc1C(F)(F)F. The quantitative estimate of drug-likeness (QED) is 0.854. The average Bonchev–Trinajstić information content (AvgIpc) is 2.16. The molecular formula is C10H14F3N3. The molecule has 2 N–H and O–H groups in total. The van der Waals surface area contributed by atoms with Gasteiger partial charge < -0.3 is 5.73 Å². The third-order valence-corrected chi connectivity index (χ3v) is 2.69. The Balaban J connectivity index is 3.40. The first-order valence-electron chi connectivity index (χ1n) is 4.88. The van der Waals surface area contributed by atoms with Crippen LogP contribution in [0, 0.1) is 0 Å². The highest BCUT2D eigenvalue weighted by Crippen LogP contribution is 2.37. The van der Waals surface area contributed by atoms with Crippen molar-refractivity contribution in [2.75, 3.05) is 5.73 Å². The van der Waals surface area contributed by atoms with Gasteiger partial charge in [-0.15, -0.1) is 0 Å². The van der Waals surface area contributed by atoms with Gasteiger partial charge >= 0.3 is 6.18 Å². The molecule has 0 aliphatic carbocycles. The van der Waals surface area contributed by atoms with Crippen molar-refractivity contribution in [2.45, 2.75) is 38.8 Å². The zero-order chi connectivity index (χ0) is 12.6. The van der Waals surface area contributed by atoms with E-state index in [2.05, 4.69) is 9.97 Å². The summed E-state index contributed by atoms with van der Waals surface area (Å²) in [5.41, 5.74) is 3.70. The molecule has 90 valence electrons. The summed E-state index contributed by atoms with van der Waals surface area (Å²) >= 11 is 0. The summed E-state index contributed by atoms with van der Waals surface area (Å²) in [5, 5.41) is 0. The Labute approximate surface area is 91.9 Å². The Bertz CT molecular complexity index is 385. The number of anilines is 1. The minimum absolute atomic E-state index is 0.0803. The van der Waals surface area contributed by atoms with E-state index in [0.717, 1.165) is 6.20 Å². The second-order valence-electron chi connectivity index (χ2n) is 4.23. The summed E-state index contributed by atoms with van der Waals surface area (Å²) in [7, 11) is 0. The fraction of sp³-hybridized carbons (Fsp3) is 0.600. The minimum atomic E-state index is -4.50. The number of hydrogen-bond donors (Lipinski definition) is 1. The van der Waals surface area contributed by atoms with Crippen LogP contribution < -0.4 is 5.73 Å². The van der Waals surface area contributed by atoms with Gasteiger partial charge in [-0.1, -0.05) is 20.8 Å². The Morgan fingerprint density at radius 2 is 1.88 bits per heavy atom. The molecule has 0 atom stereocenters. The van der Waals surface area contributed by atoms with Gasteiger partial charge in [0.2, 0.25) is 5.95 Å². The molecule has 0 aromatic carbocycles. The van der Waals surface area contributed by atoms with E-state index in [4.69, 9.17) is 5.73 Å². The number of nitrogens with two attached hydrogens (primary N) is 1. The molecule has 0 fully saturated rings. The van der Waals surface area contributed by atoms with Gasteiger partial charge in [0.05, 0.1) is 0 Å². The third kappa shape index (κ3) is 2.43. The largest absolute Gasteiger partial charge is 0.433 e. The summed E-state index contributed by atoms with van der Waals surface area (Å²) < 4.78 is 38.2. The number of hydrogen-bond acceptors (Lipinski definition) is 3. The van der Waals surface area contributed by atoms with Gasteiger partial charge in [0.15, 0.2) is 5.69 Å². The Morgan fingerprint density at radius 3 is 2.31 bits per heavy atom. The molecule has 0 bridgehead atoms. The van der Waals surface area contributed by atoms with E-state index in [1.807, 2.05) is 6.92 Å². The van der Waals surface area contributed by atoms with Crippen LogP contribution in [0.4, 0.5) is 19.1 Å². The molecular weight excluding hydrogens is 219 g/mol. The zero-order valence-electron chi connectivity index (χ0n) is 9.39. The number of rotatable bonds is 2. The van der Waals surface area contributed by atoms with Crippen molar-refractivity contribution in [1.82, 2.24) is 9.97 Å². The number of nitrogen functional groups attached to an aromatic ring is 1. The Morgan fingerprint density at radius 1 is 1.31 bits per heavy atom. The first kappa shape index (κ1) is 12.7. The summed E-state index contributed by atoms with van der Waals surface area (Å²) in [6, 6.07) is 0. The van der Waals surface area contributed by atoms with Gasteiger partial charge in [0.25, 0.3) is 0 Å². The molecule has 3 nitrogen and oxygen atoms in total. The van der Waals surface area contributed by atoms with Gasteiger partial charge in [0, 0.05) is 11.8 Å². The van der Waals surface area contributed by atoms with Crippen molar-refractivity contribution in [1.29, 1.82) is 0 Å². The molecule has 1 aromatic rings. The number of alkyl halides is 3. The molecule has 0 saturated carbocycles. The van der Waals surface area contributed by atoms with Crippen LogP contribution in [0.25, 0.3) is 0 Å². The summed E-state index contributed by atoms with van der Waals surface area (Å²) in [6.45, 7) is 5.25. The van der Waals surface area contributed by atoms with E-state index in [0.29, 0.717) is 6.42 Å². The second kappa shape index (κ2) is 3.92. The Kier molecular flexibility index (Phi) is 3.12. The van der Waals surface area contributed by atoms with E-state index in [1.165, 1.54) is 0 Å². The topological polar surface area (TPSA) is 51.8 Å². The molecule has 0 aliphatic heterocycles. The summed E-state index contributed by atoms with van der Waals surface area (Å²) in [4.78, 5) is 6.93. The number of nitrogens with zero attached hydrogens (tertiary/aromatic N) is 2. The smallest absolute Gasteiger partial charge is 0.368 e. The van der Waals surface area contributed by atoms with E-state index in [1.54, 1.807) is 13.8 Å². The van der Waals surface area contributed by atoms with Gasteiger partial charge in [0.1, 0.15) is 0 Å². The Hall–Kier alpha value is -1.33. The summed E-state index contributed by atoms with van der Waals surface area (Å²) in [5.74, 6) is -0.358. The van der Waals surface area contributed by atoms with Crippen LogP contribution in [0.3, 0.4) is 0 Å². The predicted molar refractivity (Wildman–Crippen MR) is 54.8 cm³/mol. The molecule has 0 radical (unpaired) electrons. The van der Waals surface area contributed by atoms with Crippen molar-refractivity contribution >= 4 is 5.95 Å². The van der Waals surface area contributed by atoms with Crippen LogP contribution in [-0.2, 0) is 11.6 Å². The highest BCUT2D eigenvalue weighted by molar-refractivity contribution is 5.32. The van der Waals surface area contributed by atoms with Gasteiger partial charge in [-0.3, -0.25) is 0 Å². The molecule has 0 unspecified atom stereocenters. The second-order valence-corrected chi connectivity index (χ2v) is 4.23. The first-order chi connectivity index (χ1) is 7.18. The molecule has 0 spiro atoms. The monoisotopic (exact) mass is 233 g/mol. The van der Waals surface area contributed by atoms with Crippen LogP contribution in [0.1, 0.15) is 38.4 Å². The minimum Gasteiger partial charge on any atom is -0.368 e. The molecule has 0 amide bonds. The standard InChI is InChI=1S/C10H14F3N3/c1-4-9(2,3)6-5-15-8(14)16-7(6)10(11,12)13/h5H,4H2,1-3H3,(H2,14,15,16). The highest BCUT2D eigenvalue weighted by Gasteiger charge is 2.39. The van der Waals surface area contributed by atoms with E-state index in [-0.39, 0.29) is 11.5 Å². The molecule has 1 rings (SSSR count). The van der Waals surface area contributed by atoms with Crippen LogP contribution in [-0.4, -0.2) is 9.97 Å². The molecule has 0 aliphatic rings. The van der Waals surface area contributed by atoms with E-state index in [9.17, 15) is 13.2 Å². The van der Waals surface area contributed by atoms with E-state index >= 15 is 0 Å². The lowest BCUT2D eigenvalue weighted by Gasteiger charge is -2.25. The van der Waals surface area contributed by atoms with Crippen molar-refractivity contribution in [2.24, 2.45) is 0 Å². The van der Waals surface area contributed by atoms with Crippen LogP contribution in [0.15, 0.2) is 6.20 Å². The lowest BCUT2D eigenvalue weighted by atomic mass is 9.82. The third-order valence-electron chi connectivity index (χ3n) is 2.69. The maximum absolute atomic E-state index is 12.7. The number of halogens is 3. The maximum atomic E-state index is 12.7. The van der Waals surface area contributed by atoms with Crippen LogP contribution >= 0.6 is 0 Å². The van der Waals surface area contributed by atoms with Crippen LogP contribution in [0.5, 0.6) is 0 Å². The summed E-state index contributed by atoms with van der Waals surface area (Å²) in [6.07, 6.45) is -2.78. The number of aromatic nitrogens is 2. The van der Waals surface area contributed by atoms with Crippen LogP contribution in [0.2, 0.25) is 0 Å². The van der Waals surface area contributed by atoms with Gasteiger partial charge in [-0.2, -0.15) is 13.2 Å². The normalized spacial score (nSPS) is 12.9. The molecule has 1 heterocycles. The van der Waals surface area contributed by atoms with Crippen molar-refractivity contribution in [3.63, 3.8) is 0 Å². The van der Waals surface area contributed by atoms with Crippen molar-refractivity contribution < 1.29 is 13.2 Å². The fourth-order valence-corrected chi connectivity index (χ4v) is 1.30. The molecule has 6 heteroatoms. The molecule has 1 aromatic heterocycles. The highest BCUT2D eigenvalue weighted by atomic mass is 19.4. The van der Waals surface area contributed by atoms with Crippen molar-refractivity contribution in [3.8, 4) is 0 Å². The van der Waals surface area contributed by atoms with E-state index < -0.39 is 17.3 Å². The predicted octanol–water partition coefficient (Wildman–Crippen LogP) is 2.77. The van der Waals surface area contributed by atoms with Crippen molar-refractivity contribution in [3.05, 3.63) is 17.5 Å². The maximum Gasteiger partial charge on any atom is 0.433 e. The lowest BCUT2D eigenvalue weighted by Crippen LogP contribution is -2.24. The average molecular weight is 233 g/mol. The van der Waals surface area contributed by atoms with Gasteiger partial charge in [-0.25, -0.2) is 9.97 Å². The molecule has 0 saturated heterocycles. The fourth-order valence-electron chi connectivity index (χ4n) is 1.30. The first-order valence-corrected chi connectivity index (χ1v) is 4.88. The lowest BCUT2D eigenvalue weighted by molar-refractivity contribution is -0.142.